The molecule has 0 radical (unpaired) electrons. The van der Waals surface area contributed by atoms with E-state index in [-0.39, 0.29) is 31.9 Å². The van der Waals surface area contributed by atoms with Crippen LogP contribution in [0.4, 0.5) is 0 Å². The van der Waals surface area contributed by atoms with E-state index in [9.17, 15) is 0 Å². The van der Waals surface area contributed by atoms with Crippen LogP contribution >= 0.6 is 11.3 Å². The van der Waals surface area contributed by atoms with Crippen LogP contribution in [-0.2, 0) is 31.9 Å². The second kappa shape index (κ2) is 14.8. The van der Waals surface area contributed by atoms with Crippen molar-refractivity contribution in [1.82, 2.24) is 19.5 Å². The summed E-state index contributed by atoms with van der Waals surface area (Å²) in [5.41, 5.74) is 14.5. The molecule has 290 valence electrons. The molecule has 4 nitrogen and oxygen atoms in total. The van der Waals surface area contributed by atoms with Crippen LogP contribution in [0.25, 0.3) is 92.7 Å². The Morgan fingerprint density at radius 2 is 1.31 bits per heavy atom. The van der Waals surface area contributed by atoms with Crippen molar-refractivity contribution < 1.29 is 21.1 Å². The molecule has 0 spiro atoms. The van der Waals surface area contributed by atoms with Gasteiger partial charge < -0.3 is 9.55 Å². The first-order valence-corrected chi connectivity index (χ1v) is 20.7. The maximum absolute atomic E-state index is 5.52. The van der Waals surface area contributed by atoms with Crippen LogP contribution < -0.4 is 0 Å². The molecule has 10 aromatic rings. The minimum Gasteiger partial charge on any atom is -0.344 e. The van der Waals surface area contributed by atoms with E-state index in [0.717, 1.165) is 87.3 Å². The van der Waals surface area contributed by atoms with Gasteiger partial charge >= 0.3 is 21.1 Å². The molecule has 0 atom stereocenters. The molecule has 0 saturated carbocycles. The first-order valence-electron chi connectivity index (χ1n) is 19.9. The molecule has 0 saturated heterocycles. The second-order valence-corrected chi connectivity index (χ2v) is 18.2. The summed E-state index contributed by atoms with van der Waals surface area (Å²) in [4.78, 5) is 15.4. The molecule has 0 amide bonds. The smallest absolute Gasteiger partial charge is 0.344 e. The minimum absolute atomic E-state index is 0. The van der Waals surface area contributed by atoms with Crippen LogP contribution in [-0.4, -0.2) is 19.5 Å². The molecule has 4 aromatic heterocycles. The number of thiazole rings is 1. The molecular formula is C53H42N4PtS. The van der Waals surface area contributed by atoms with E-state index in [4.69, 9.17) is 15.0 Å². The van der Waals surface area contributed by atoms with Crippen molar-refractivity contribution in [2.24, 2.45) is 0 Å². The van der Waals surface area contributed by atoms with Gasteiger partial charge in [0.15, 0.2) is 0 Å². The molecular weight excluding hydrogens is 920 g/mol. The summed E-state index contributed by atoms with van der Waals surface area (Å²) in [5.74, 6) is 0. The first kappa shape index (κ1) is 38.8. The largest absolute Gasteiger partial charge is 2.00 e. The Hall–Kier alpha value is -5.74. The van der Waals surface area contributed by atoms with Gasteiger partial charge in [-0.3, -0.25) is 9.97 Å². The molecule has 0 N–H and O–H groups in total. The Morgan fingerprint density at radius 1 is 0.576 bits per heavy atom. The summed E-state index contributed by atoms with van der Waals surface area (Å²) in [7, 11) is 0. The van der Waals surface area contributed by atoms with E-state index in [2.05, 4.69) is 186 Å². The van der Waals surface area contributed by atoms with Gasteiger partial charge in [-0.1, -0.05) is 156 Å². The Bertz CT molecular complexity index is 3180. The number of para-hydroxylation sites is 1. The van der Waals surface area contributed by atoms with Crippen LogP contribution in [0.5, 0.6) is 0 Å². The van der Waals surface area contributed by atoms with E-state index in [1.807, 2.05) is 18.5 Å². The van der Waals surface area contributed by atoms with Crippen LogP contribution in [0.3, 0.4) is 0 Å². The number of aromatic nitrogens is 4. The molecule has 59 heavy (non-hydrogen) atoms. The van der Waals surface area contributed by atoms with Crippen molar-refractivity contribution in [3.8, 4) is 49.8 Å². The van der Waals surface area contributed by atoms with E-state index >= 15 is 0 Å². The predicted molar refractivity (Wildman–Crippen MR) is 244 cm³/mol. The number of benzene rings is 6. The van der Waals surface area contributed by atoms with Crippen molar-refractivity contribution >= 4 is 54.3 Å². The maximum atomic E-state index is 5.52. The van der Waals surface area contributed by atoms with Crippen molar-refractivity contribution in [3.05, 3.63) is 169 Å². The number of pyridine rings is 2. The van der Waals surface area contributed by atoms with Crippen molar-refractivity contribution in [1.29, 1.82) is 0 Å². The predicted octanol–water partition coefficient (Wildman–Crippen LogP) is 14.2. The summed E-state index contributed by atoms with van der Waals surface area (Å²) < 4.78 is 3.40. The van der Waals surface area contributed by atoms with E-state index in [0.29, 0.717) is 0 Å². The molecule has 0 unspecified atom stereocenters. The van der Waals surface area contributed by atoms with Crippen LogP contribution in [0.15, 0.2) is 146 Å². The van der Waals surface area contributed by atoms with Gasteiger partial charge in [0.1, 0.15) is 5.01 Å². The Kier molecular flexibility index (Phi) is 9.73. The Balaban J connectivity index is 0.00000449. The topological polar surface area (TPSA) is 43.6 Å². The van der Waals surface area contributed by atoms with Gasteiger partial charge in [0.2, 0.25) is 0 Å². The van der Waals surface area contributed by atoms with Gasteiger partial charge in [0.05, 0.1) is 0 Å². The van der Waals surface area contributed by atoms with Gasteiger partial charge in [0.25, 0.3) is 0 Å². The standard InChI is InChI=1S/C53H42N4S.Pt/c1-52(2,3)37-23-26-45-43(31-37)41-24-21-35(40-20-12-16-34-17-13-27-54-49(34)40)28-46(41)57(45)47-29-36(44-25-22-38(32-55-44)53(4,5)6)30-48-50(47)56-51(58-48)42-19-11-10-18-39(42)33-14-8-7-9-15-33;/h7-27,30-32H,1-6H3;/q-2;+2. The maximum Gasteiger partial charge on any atom is 2.00 e. The fraction of sp³-hybridized carbons (Fsp3) is 0.151. The van der Waals surface area contributed by atoms with Crippen molar-refractivity contribution in [3.63, 3.8) is 0 Å². The minimum atomic E-state index is -0.0267. The first-order chi connectivity index (χ1) is 28.0. The molecule has 6 heteroatoms. The number of fused-ring (bicyclic) bond motifs is 5. The molecule has 0 aliphatic carbocycles. The molecule has 4 heterocycles. The third-order valence-corrected chi connectivity index (χ3v) is 12.3. The molecule has 0 aliphatic heterocycles. The Morgan fingerprint density at radius 3 is 2.07 bits per heavy atom. The average molecular weight is 962 g/mol. The number of hydrogen-bond donors (Lipinski definition) is 0. The van der Waals surface area contributed by atoms with E-state index in [1.165, 1.54) is 16.5 Å². The summed E-state index contributed by atoms with van der Waals surface area (Å²) in [6, 6.07) is 55.3. The van der Waals surface area contributed by atoms with Gasteiger partial charge in [0, 0.05) is 34.5 Å². The normalized spacial score (nSPS) is 12.1. The monoisotopic (exact) mass is 961 g/mol. The zero-order chi connectivity index (χ0) is 39.8. The fourth-order valence-electron chi connectivity index (χ4n) is 8.02. The summed E-state index contributed by atoms with van der Waals surface area (Å²) >= 11 is 1.71. The van der Waals surface area contributed by atoms with E-state index < -0.39 is 0 Å². The molecule has 0 aliphatic rings. The van der Waals surface area contributed by atoms with Crippen LogP contribution in [0, 0.1) is 12.1 Å². The van der Waals surface area contributed by atoms with Crippen LogP contribution in [0.2, 0.25) is 0 Å². The van der Waals surface area contributed by atoms with Gasteiger partial charge in [-0.25, -0.2) is 0 Å². The molecule has 6 aromatic carbocycles. The SMILES string of the molecule is CC(C)(C)c1ccc(-c2[c-]c(-n3c4[c-]c(-c5cccc6cccnc56)ccc4c4cc(C(C)(C)C)ccc43)c3nc(-c4ccccc4-c4ccccc4)sc3c2)nc1.[Pt+2]. The third kappa shape index (κ3) is 6.91. The number of rotatable bonds is 5. The summed E-state index contributed by atoms with van der Waals surface area (Å²) in [6.07, 6.45) is 3.87. The fourth-order valence-corrected chi connectivity index (χ4v) is 9.07. The summed E-state index contributed by atoms with van der Waals surface area (Å²) in [5, 5.41) is 4.36. The zero-order valence-corrected chi connectivity index (χ0v) is 37.0. The zero-order valence-electron chi connectivity index (χ0n) is 33.9. The van der Waals surface area contributed by atoms with Crippen LogP contribution in [0.1, 0.15) is 52.7 Å². The van der Waals surface area contributed by atoms with Gasteiger partial charge in [-0.2, -0.15) is 0 Å². The number of hydrogen-bond acceptors (Lipinski definition) is 4. The third-order valence-electron chi connectivity index (χ3n) is 11.2. The van der Waals surface area contributed by atoms with Crippen molar-refractivity contribution in [2.45, 2.75) is 52.4 Å². The molecule has 0 fully saturated rings. The Labute approximate surface area is 363 Å². The summed E-state index contributed by atoms with van der Waals surface area (Å²) in [6.45, 7) is 13.5. The van der Waals surface area contributed by atoms with Gasteiger partial charge in [-0.05, 0) is 77.6 Å². The number of nitrogens with zero attached hydrogens (tertiary/aromatic N) is 4. The average Bonchev–Trinajstić information content (AvgIpc) is 3.82. The van der Waals surface area contributed by atoms with Gasteiger partial charge in [-0.15, -0.1) is 52.8 Å². The van der Waals surface area contributed by atoms with E-state index in [1.54, 1.807) is 11.3 Å². The second-order valence-electron chi connectivity index (χ2n) is 17.2. The molecule has 10 rings (SSSR count). The quantitative estimate of drug-likeness (QED) is 0.161. The molecule has 0 bridgehead atoms. The van der Waals surface area contributed by atoms with Crippen molar-refractivity contribution in [2.75, 3.05) is 0 Å².